The lowest BCUT2D eigenvalue weighted by Gasteiger charge is -2.12. The molecule has 1 aromatic carbocycles. The van der Waals surface area contributed by atoms with Crippen molar-refractivity contribution in [3.8, 4) is 5.75 Å². The molecule has 86 valence electrons. The van der Waals surface area contributed by atoms with Crippen LogP contribution in [0, 0.1) is 0 Å². The molecular formula is C12H16N2O2. The standard InChI is InChI=1S/C12H16N2O2/c1-15-10-4-2-9(3-5-10)11(13)8-12-14-6-7-16-12/h2-5,11H,6-8,13H2,1H3. The Morgan fingerprint density at radius 3 is 2.75 bits per heavy atom. The quantitative estimate of drug-likeness (QED) is 0.836. The van der Waals surface area contributed by atoms with Crippen LogP contribution in [-0.4, -0.2) is 26.2 Å². The summed E-state index contributed by atoms with van der Waals surface area (Å²) < 4.78 is 10.4. The predicted octanol–water partition coefficient (Wildman–Crippen LogP) is 1.51. The third-order valence-electron chi connectivity index (χ3n) is 2.59. The summed E-state index contributed by atoms with van der Waals surface area (Å²) in [5.74, 6) is 1.61. The van der Waals surface area contributed by atoms with Crippen LogP contribution >= 0.6 is 0 Å². The monoisotopic (exact) mass is 220 g/mol. The van der Waals surface area contributed by atoms with Gasteiger partial charge < -0.3 is 15.2 Å². The van der Waals surface area contributed by atoms with E-state index in [1.807, 2.05) is 24.3 Å². The van der Waals surface area contributed by atoms with E-state index in [1.165, 1.54) is 0 Å². The Labute approximate surface area is 95.1 Å². The molecular weight excluding hydrogens is 204 g/mol. The molecule has 4 heteroatoms. The van der Waals surface area contributed by atoms with Crippen molar-refractivity contribution in [1.82, 2.24) is 0 Å². The van der Waals surface area contributed by atoms with Gasteiger partial charge in [-0.05, 0) is 17.7 Å². The molecule has 2 N–H and O–H groups in total. The molecule has 0 amide bonds. The summed E-state index contributed by atoms with van der Waals surface area (Å²) in [5, 5.41) is 0. The van der Waals surface area contributed by atoms with Crippen molar-refractivity contribution in [1.29, 1.82) is 0 Å². The van der Waals surface area contributed by atoms with Crippen LogP contribution in [0.25, 0.3) is 0 Å². The molecule has 1 heterocycles. The zero-order valence-electron chi connectivity index (χ0n) is 9.35. The van der Waals surface area contributed by atoms with E-state index in [1.54, 1.807) is 7.11 Å². The fourth-order valence-corrected chi connectivity index (χ4v) is 1.66. The van der Waals surface area contributed by atoms with Gasteiger partial charge in [-0.3, -0.25) is 4.99 Å². The molecule has 16 heavy (non-hydrogen) atoms. The van der Waals surface area contributed by atoms with Gasteiger partial charge in [-0.25, -0.2) is 0 Å². The van der Waals surface area contributed by atoms with E-state index < -0.39 is 0 Å². The summed E-state index contributed by atoms with van der Waals surface area (Å²) in [6.45, 7) is 1.44. The third kappa shape index (κ3) is 2.52. The molecule has 4 nitrogen and oxygen atoms in total. The van der Waals surface area contributed by atoms with E-state index >= 15 is 0 Å². The number of aliphatic imine (C=N–C) groups is 1. The van der Waals surface area contributed by atoms with Crippen LogP contribution < -0.4 is 10.5 Å². The molecule has 1 aromatic rings. The van der Waals surface area contributed by atoms with Gasteiger partial charge in [0.25, 0.3) is 0 Å². The highest BCUT2D eigenvalue weighted by molar-refractivity contribution is 5.78. The van der Waals surface area contributed by atoms with E-state index in [0.29, 0.717) is 13.0 Å². The van der Waals surface area contributed by atoms with Crippen molar-refractivity contribution in [2.24, 2.45) is 10.7 Å². The molecule has 0 spiro atoms. The largest absolute Gasteiger partial charge is 0.497 e. The van der Waals surface area contributed by atoms with Crippen LogP contribution in [0.15, 0.2) is 29.3 Å². The van der Waals surface area contributed by atoms with Gasteiger partial charge in [0.05, 0.1) is 13.7 Å². The molecule has 1 aliphatic heterocycles. The summed E-state index contributed by atoms with van der Waals surface area (Å²) in [5.41, 5.74) is 7.13. The van der Waals surface area contributed by atoms with Crippen molar-refractivity contribution in [3.05, 3.63) is 29.8 Å². The van der Waals surface area contributed by atoms with Crippen LogP contribution in [0.3, 0.4) is 0 Å². The van der Waals surface area contributed by atoms with Gasteiger partial charge in [-0.15, -0.1) is 0 Å². The van der Waals surface area contributed by atoms with Gasteiger partial charge in [0.2, 0.25) is 0 Å². The van der Waals surface area contributed by atoms with Crippen LogP contribution in [0.1, 0.15) is 18.0 Å². The molecule has 2 rings (SSSR count). The Kier molecular flexibility index (Phi) is 3.41. The molecule has 1 unspecified atom stereocenters. The maximum atomic E-state index is 6.06. The SMILES string of the molecule is COc1ccc(C(N)CC2=NCCO2)cc1. The first kappa shape index (κ1) is 11.0. The van der Waals surface area contributed by atoms with Crippen LogP contribution in [0.5, 0.6) is 5.75 Å². The molecule has 0 fully saturated rings. The first-order chi connectivity index (χ1) is 7.79. The number of nitrogens with two attached hydrogens (primary N) is 1. The van der Waals surface area contributed by atoms with Crippen LogP contribution in [-0.2, 0) is 4.74 Å². The van der Waals surface area contributed by atoms with Crippen molar-refractivity contribution in [3.63, 3.8) is 0 Å². The first-order valence-electron chi connectivity index (χ1n) is 5.35. The van der Waals surface area contributed by atoms with Gasteiger partial charge >= 0.3 is 0 Å². The molecule has 1 atom stereocenters. The van der Waals surface area contributed by atoms with Gasteiger partial charge in [-0.1, -0.05) is 12.1 Å². The lowest BCUT2D eigenvalue weighted by molar-refractivity contribution is 0.335. The summed E-state index contributed by atoms with van der Waals surface area (Å²) in [6.07, 6.45) is 0.659. The molecule has 0 saturated heterocycles. The maximum absolute atomic E-state index is 6.06. The van der Waals surface area contributed by atoms with Gasteiger partial charge in [0.15, 0.2) is 5.90 Å². The van der Waals surface area contributed by atoms with E-state index in [0.717, 1.165) is 23.8 Å². The Morgan fingerprint density at radius 2 is 2.19 bits per heavy atom. The molecule has 0 aromatic heterocycles. The van der Waals surface area contributed by atoms with Crippen molar-refractivity contribution >= 4 is 5.90 Å². The molecule has 1 aliphatic rings. The minimum Gasteiger partial charge on any atom is -0.497 e. The normalized spacial score (nSPS) is 16.5. The number of benzene rings is 1. The predicted molar refractivity (Wildman–Crippen MR) is 62.8 cm³/mol. The smallest absolute Gasteiger partial charge is 0.185 e. The number of hydrogen-bond acceptors (Lipinski definition) is 4. The Bertz CT molecular complexity index is 373. The Morgan fingerprint density at radius 1 is 1.44 bits per heavy atom. The van der Waals surface area contributed by atoms with Crippen molar-refractivity contribution in [2.45, 2.75) is 12.5 Å². The lowest BCUT2D eigenvalue weighted by atomic mass is 10.0. The molecule has 0 bridgehead atoms. The first-order valence-corrected chi connectivity index (χ1v) is 5.35. The molecule has 0 aliphatic carbocycles. The summed E-state index contributed by atoms with van der Waals surface area (Å²) in [6, 6.07) is 7.69. The van der Waals surface area contributed by atoms with Gasteiger partial charge in [0.1, 0.15) is 12.4 Å². The van der Waals surface area contributed by atoms with E-state index in [-0.39, 0.29) is 6.04 Å². The number of methoxy groups -OCH3 is 1. The fourth-order valence-electron chi connectivity index (χ4n) is 1.66. The minimum absolute atomic E-state index is 0.0669. The van der Waals surface area contributed by atoms with Crippen molar-refractivity contribution in [2.75, 3.05) is 20.3 Å². The Balaban J connectivity index is 1.99. The van der Waals surface area contributed by atoms with E-state index in [2.05, 4.69) is 4.99 Å². The average molecular weight is 220 g/mol. The molecule has 0 saturated carbocycles. The second-order valence-corrected chi connectivity index (χ2v) is 3.71. The van der Waals surface area contributed by atoms with Gasteiger partial charge in [-0.2, -0.15) is 0 Å². The van der Waals surface area contributed by atoms with E-state index in [4.69, 9.17) is 15.2 Å². The summed E-state index contributed by atoms with van der Waals surface area (Å²) in [4.78, 5) is 4.22. The summed E-state index contributed by atoms with van der Waals surface area (Å²) in [7, 11) is 1.65. The van der Waals surface area contributed by atoms with E-state index in [9.17, 15) is 0 Å². The van der Waals surface area contributed by atoms with Crippen LogP contribution in [0.2, 0.25) is 0 Å². The lowest BCUT2D eigenvalue weighted by Crippen LogP contribution is -2.15. The highest BCUT2D eigenvalue weighted by Gasteiger charge is 2.14. The number of ether oxygens (including phenoxy) is 2. The number of nitrogens with zero attached hydrogens (tertiary/aromatic N) is 1. The second-order valence-electron chi connectivity index (χ2n) is 3.71. The highest BCUT2D eigenvalue weighted by atomic mass is 16.5. The topological polar surface area (TPSA) is 56.8 Å². The highest BCUT2D eigenvalue weighted by Crippen LogP contribution is 2.19. The van der Waals surface area contributed by atoms with Crippen molar-refractivity contribution < 1.29 is 9.47 Å². The minimum atomic E-state index is -0.0669. The van der Waals surface area contributed by atoms with Crippen LogP contribution in [0.4, 0.5) is 0 Å². The van der Waals surface area contributed by atoms with Gasteiger partial charge in [0, 0.05) is 12.5 Å². The molecule has 0 radical (unpaired) electrons. The zero-order chi connectivity index (χ0) is 11.4. The third-order valence-corrected chi connectivity index (χ3v) is 2.59. The number of rotatable bonds is 4. The average Bonchev–Trinajstić information content (AvgIpc) is 2.82. The maximum Gasteiger partial charge on any atom is 0.185 e. The number of hydrogen-bond donors (Lipinski definition) is 1. The Hall–Kier alpha value is -1.55. The zero-order valence-corrected chi connectivity index (χ0v) is 9.35. The fraction of sp³-hybridized carbons (Fsp3) is 0.417. The second kappa shape index (κ2) is 4.99. The summed E-state index contributed by atoms with van der Waals surface area (Å²) >= 11 is 0.